The molecule has 2 rings (SSSR count). The van der Waals surface area contributed by atoms with Crippen LogP contribution in [0.1, 0.15) is 13.8 Å². The highest BCUT2D eigenvalue weighted by atomic mass is 16.4. The van der Waals surface area contributed by atoms with Crippen LogP contribution in [0.4, 0.5) is 11.7 Å². The van der Waals surface area contributed by atoms with Crippen molar-refractivity contribution in [2.75, 3.05) is 11.1 Å². The molecule has 0 spiro atoms. The van der Waals surface area contributed by atoms with E-state index in [-0.39, 0.29) is 6.01 Å². The lowest BCUT2D eigenvalue weighted by molar-refractivity contribution is -0.121. The Balaban J connectivity index is 2.34. The van der Waals surface area contributed by atoms with Crippen molar-refractivity contribution < 1.29 is 9.21 Å². The molecule has 6 nitrogen and oxygen atoms in total. The molecular weight excluding hydrogens is 220 g/mol. The van der Waals surface area contributed by atoms with E-state index in [2.05, 4.69) is 10.3 Å². The Hall–Kier alpha value is -2.24. The number of anilines is 2. The maximum atomic E-state index is 11.2. The number of rotatable bonds is 3. The normalized spacial score (nSPS) is 11.6. The topological polar surface area (TPSA) is 107 Å². The van der Waals surface area contributed by atoms with Crippen LogP contribution in [0, 0.1) is 0 Å². The Morgan fingerprint density at radius 1 is 1.47 bits per heavy atom. The number of carbonyl (C=O) groups excluding carboxylic acids is 1. The van der Waals surface area contributed by atoms with Crippen molar-refractivity contribution in [2.24, 2.45) is 5.73 Å². The maximum Gasteiger partial charge on any atom is 0.296 e. The molecule has 0 saturated carbocycles. The Morgan fingerprint density at radius 2 is 2.18 bits per heavy atom. The van der Waals surface area contributed by atoms with E-state index in [1.165, 1.54) is 0 Å². The van der Waals surface area contributed by atoms with Crippen LogP contribution in [0.3, 0.4) is 0 Å². The SMILES string of the molecule is CC(C)(Nc1nc2cc(N)ccc2o1)C(N)=O. The van der Waals surface area contributed by atoms with Crippen LogP contribution in [-0.4, -0.2) is 16.4 Å². The van der Waals surface area contributed by atoms with E-state index in [0.29, 0.717) is 16.8 Å². The molecule has 2 aromatic rings. The van der Waals surface area contributed by atoms with E-state index < -0.39 is 11.4 Å². The number of nitrogens with two attached hydrogens (primary N) is 2. The first-order valence-corrected chi connectivity index (χ1v) is 5.12. The number of primary amides is 1. The van der Waals surface area contributed by atoms with Gasteiger partial charge in [0.25, 0.3) is 6.01 Å². The van der Waals surface area contributed by atoms with E-state index in [1.54, 1.807) is 32.0 Å². The molecule has 0 aliphatic heterocycles. The summed E-state index contributed by atoms with van der Waals surface area (Å²) in [5.74, 6) is -0.487. The summed E-state index contributed by atoms with van der Waals surface area (Å²) in [5.41, 5.74) is 11.8. The molecule has 1 amide bonds. The Kier molecular flexibility index (Phi) is 2.42. The molecule has 0 aliphatic carbocycles. The van der Waals surface area contributed by atoms with Crippen molar-refractivity contribution >= 4 is 28.7 Å². The lowest BCUT2D eigenvalue weighted by Crippen LogP contribution is -2.45. The number of amides is 1. The first-order valence-electron chi connectivity index (χ1n) is 5.12. The number of nitrogen functional groups attached to an aromatic ring is 1. The summed E-state index contributed by atoms with van der Waals surface area (Å²) in [6.45, 7) is 3.30. The summed E-state index contributed by atoms with van der Waals surface area (Å²) in [6, 6.07) is 5.38. The van der Waals surface area contributed by atoms with E-state index in [0.717, 1.165) is 0 Å². The van der Waals surface area contributed by atoms with E-state index in [9.17, 15) is 4.79 Å². The lowest BCUT2D eigenvalue weighted by atomic mass is 10.1. The van der Waals surface area contributed by atoms with Gasteiger partial charge in [0, 0.05) is 5.69 Å². The molecule has 0 saturated heterocycles. The van der Waals surface area contributed by atoms with E-state index in [4.69, 9.17) is 15.9 Å². The predicted octanol–water partition coefficient (Wildman–Crippen LogP) is 1.09. The Bertz CT molecular complexity index is 574. The van der Waals surface area contributed by atoms with Crippen LogP contribution >= 0.6 is 0 Å². The van der Waals surface area contributed by atoms with E-state index >= 15 is 0 Å². The van der Waals surface area contributed by atoms with Crippen molar-refractivity contribution in [3.63, 3.8) is 0 Å². The van der Waals surface area contributed by atoms with Crippen molar-refractivity contribution in [3.05, 3.63) is 18.2 Å². The van der Waals surface area contributed by atoms with Crippen molar-refractivity contribution in [1.82, 2.24) is 4.98 Å². The number of nitrogens with zero attached hydrogens (tertiary/aromatic N) is 1. The summed E-state index contributed by atoms with van der Waals surface area (Å²) < 4.78 is 5.42. The van der Waals surface area contributed by atoms with Gasteiger partial charge in [0.2, 0.25) is 5.91 Å². The lowest BCUT2D eigenvalue weighted by Gasteiger charge is -2.20. The van der Waals surface area contributed by atoms with Gasteiger partial charge >= 0.3 is 0 Å². The van der Waals surface area contributed by atoms with Gasteiger partial charge < -0.3 is 21.2 Å². The first kappa shape index (κ1) is 11.3. The Morgan fingerprint density at radius 3 is 2.82 bits per heavy atom. The number of fused-ring (bicyclic) bond motifs is 1. The van der Waals surface area contributed by atoms with Gasteiger partial charge in [-0.1, -0.05) is 0 Å². The van der Waals surface area contributed by atoms with Crippen LogP contribution in [0.15, 0.2) is 22.6 Å². The zero-order valence-corrected chi connectivity index (χ0v) is 9.65. The standard InChI is InChI=1S/C11H14N4O2/c1-11(2,9(13)16)15-10-14-7-5-6(12)3-4-8(7)17-10/h3-5H,12H2,1-2H3,(H2,13,16)(H,14,15). The molecule has 1 aromatic carbocycles. The highest BCUT2D eigenvalue weighted by Gasteiger charge is 2.26. The number of hydrogen-bond donors (Lipinski definition) is 3. The molecule has 0 aliphatic rings. The maximum absolute atomic E-state index is 11.2. The van der Waals surface area contributed by atoms with Gasteiger partial charge in [-0.2, -0.15) is 4.98 Å². The van der Waals surface area contributed by atoms with Gasteiger partial charge in [-0.05, 0) is 32.0 Å². The monoisotopic (exact) mass is 234 g/mol. The number of aromatic nitrogens is 1. The average Bonchev–Trinajstić information content (AvgIpc) is 2.57. The number of benzene rings is 1. The van der Waals surface area contributed by atoms with Gasteiger partial charge in [-0.25, -0.2) is 0 Å². The molecule has 0 fully saturated rings. The zero-order valence-electron chi connectivity index (χ0n) is 9.65. The van der Waals surface area contributed by atoms with Crippen LogP contribution in [0.25, 0.3) is 11.1 Å². The van der Waals surface area contributed by atoms with Crippen LogP contribution < -0.4 is 16.8 Å². The molecule has 90 valence electrons. The second-order valence-electron chi connectivity index (χ2n) is 4.36. The molecule has 0 unspecified atom stereocenters. The second-order valence-corrected chi connectivity index (χ2v) is 4.36. The fourth-order valence-electron chi connectivity index (χ4n) is 1.33. The minimum absolute atomic E-state index is 0.245. The molecule has 1 heterocycles. The first-order chi connectivity index (χ1) is 7.88. The molecule has 0 bridgehead atoms. The minimum Gasteiger partial charge on any atom is -0.424 e. The van der Waals surface area contributed by atoms with Crippen LogP contribution in [0.2, 0.25) is 0 Å². The molecule has 1 aromatic heterocycles. The largest absolute Gasteiger partial charge is 0.424 e. The molecule has 6 heteroatoms. The summed E-state index contributed by atoms with van der Waals surface area (Å²) in [4.78, 5) is 15.3. The van der Waals surface area contributed by atoms with E-state index in [1.807, 2.05) is 0 Å². The van der Waals surface area contributed by atoms with Crippen molar-refractivity contribution in [2.45, 2.75) is 19.4 Å². The van der Waals surface area contributed by atoms with Gasteiger partial charge in [-0.15, -0.1) is 0 Å². The minimum atomic E-state index is -0.924. The quantitative estimate of drug-likeness (QED) is 0.689. The second kappa shape index (κ2) is 3.65. The highest BCUT2D eigenvalue weighted by Crippen LogP contribution is 2.23. The Labute approximate surface area is 98.0 Å². The number of carbonyl (C=O) groups is 1. The molecule has 0 radical (unpaired) electrons. The summed E-state index contributed by atoms with van der Waals surface area (Å²) in [7, 11) is 0. The van der Waals surface area contributed by atoms with Crippen LogP contribution in [-0.2, 0) is 4.79 Å². The zero-order chi connectivity index (χ0) is 12.6. The summed E-state index contributed by atoms with van der Waals surface area (Å²) in [6.07, 6.45) is 0. The van der Waals surface area contributed by atoms with Gasteiger partial charge in [0.1, 0.15) is 11.1 Å². The van der Waals surface area contributed by atoms with Gasteiger partial charge in [-0.3, -0.25) is 4.79 Å². The smallest absolute Gasteiger partial charge is 0.296 e. The average molecular weight is 234 g/mol. The third kappa shape index (κ3) is 2.15. The molecule has 5 N–H and O–H groups in total. The molecule has 0 atom stereocenters. The summed E-state index contributed by atoms with van der Waals surface area (Å²) >= 11 is 0. The van der Waals surface area contributed by atoms with Crippen molar-refractivity contribution in [1.29, 1.82) is 0 Å². The third-order valence-corrected chi connectivity index (χ3v) is 2.45. The number of oxazole rings is 1. The fourth-order valence-corrected chi connectivity index (χ4v) is 1.33. The van der Waals surface area contributed by atoms with Gasteiger partial charge in [0.15, 0.2) is 5.58 Å². The van der Waals surface area contributed by atoms with Gasteiger partial charge in [0.05, 0.1) is 0 Å². The van der Waals surface area contributed by atoms with Crippen LogP contribution in [0.5, 0.6) is 0 Å². The third-order valence-electron chi connectivity index (χ3n) is 2.45. The fraction of sp³-hybridized carbons (Fsp3) is 0.273. The van der Waals surface area contributed by atoms with Crippen molar-refractivity contribution in [3.8, 4) is 0 Å². The molecular formula is C11H14N4O2. The summed E-state index contributed by atoms with van der Waals surface area (Å²) in [5, 5.41) is 2.83. The molecule has 17 heavy (non-hydrogen) atoms. The predicted molar refractivity (Wildman–Crippen MR) is 65.3 cm³/mol. The number of hydrogen-bond acceptors (Lipinski definition) is 5. The number of nitrogens with one attached hydrogen (secondary N) is 1. The highest BCUT2D eigenvalue weighted by molar-refractivity contribution is 5.87.